The first-order chi connectivity index (χ1) is 11.6. The van der Waals surface area contributed by atoms with Crippen LogP contribution < -0.4 is 0 Å². The van der Waals surface area contributed by atoms with Gasteiger partial charge in [-0.1, -0.05) is 38.1 Å². The number of ether oxygens (including phenoxy) is 2. The minimum Gasteiger partial charge on any atom is -0.348 e. The average molecular weight is 329 g/mol. The molecule has 1 aromatic rings. The van der Waals surface area contributed by atoms with Crippen molar-refractivity contribution in [3.63, 3.8) is 0 Å². The number of hydrogen-bond acceptors (Lipinski definition) is 3. The van der Waals surface area contributed by atoms with Gasteiger partial charge in [-0.15, -0.1) is 0 Å². The summed E-state index contributed by atoms with van der Waals surface area (Å²) in [6.45, 7) is 9.85. The maximum absolute atomic E-state index is 5.86. The average Bonchev–Trinajstić information content (AvgIpc) is 3.02. The van der Waals surface area contributed by atoms with Gasteiger partial charge in [-0.2, -0.15) is 0 Å². The molecule has 1 spiro atoms. The third-order valence-corrected chi connectivity index (χ3v) is 6.29. The van der Waals surface area contributed by atoms with E-state index in [1.165, 1.54) is 43.5 Å². The van der Waals surface area contributed by atoms with Gasteiger partial charge in [0.2, 0.25) is 0 Å². The van der Waals surface area contributed by atoms with Gasteiger partial charge in [0.15, 0.2) is 5.79 Å². The quantitative estimate of drug-likeness (QED) is 0.833. The second-order valence-corrected chi connectivity index (χ2v) is 8.59. The van der Waals surface area contributed by atoms with Crippen molar-refractivity contribution in [2.24, 2.45) is 5.92 Å². The molecule has 0 atom stereocenters. The zero-order chi connectivity index (χ0) is 16.6. The summed E-state index contributed by atoms with van der Waals surface area (Å²) in [7, 11) is 0. The Bertz CT molecular complexity index is 567. The molecule has 4 rings (SSSR count). The molecule has 24 heavy (non-hydrogen) atoms. The highest BCUT2D eigenvalue weighted by atomic mass is 16.7. The van der Waals surface area contributed by atoms with Gasteiger partial charge in [0.25, 0.3) is 0 Å². The number of benzene rings is 1. The number of hydrogen-bond donors (Lipinski definition) is 0. The topological polar surface area (TPSA) is 21.7 Å². The lowest BCUT2D eigenvalue weighted by Gasteiger charge is -2.41. The predicted octanol–water partition coefficient (Wildman–Crippen LogP) is 4.10. The van der Waals surface area contributed by atoms with Gasteiger partial charge in [0.05, 0.1) is 13.2 Å². The Morgan fingerprint density at radius 2 is 1.79 bits per heavy atom. The SMILES string of the molecule is CC1(C)CN(CCC2CCC3(CC2)OCCO3)Cc2ccccc21. The molecule has 0 radical (unpaired) electrons. The summed E-state index contributed by atoms with van der Waals surface area (Å²) in [5.74, 6) is 0.631. The van der Waals surface area contributed by atoms with Crippen LogP contribution in [0.5, 0.6) is 0 Å². The van der Waals surface area contributed by atoms with Gasteiger partial charge in [0, 0.05) is 31.3 Å². The molecule has 1 saturated carbocycles. The lowest BCUT2D eigenvalue weighted by molar-refractivity contribution is -0.182. The van der Waals surface area contributed by atoms with Crippen molar-refractivity contribution in [1.82, 2.24) is 4.90 Å². The summed E-state index contributed by atoms with van der Waals surface area (Å²) in [6.07, 6.45) is 6.01. The molecule has 3 heteroatoms. The number of nitrogens with zero attached hydrogens (tertiary/aromatic N) is 1. The third kappa shape index (κ3) is 3.26. The van der Waals surface area contributed by atoms with E-state index < -0.39 is 0 Å². The van der Waals surface area contributed by atoms with Crippen molar-refractivity contribution < 1.29 is 9.47 Å². The molecule has 3 aliphatic rings. The standard InChI is InChI=1S/C21H31NO2/c1-20(2)16-22(15-18-5-3-4-6-19(18)20)12-9-17-7-10-21(11-8-17)23-13-14-24-21/h3-6,17H,7-16H2,1-2H3. The summed E-state index contributed by atoms with van der Waals surface area (Å²) >= 11 is 0. The number of fused-ring (bicyclic) bond motifs is 1. The van der Waals surface area contributed by atoms with Gasteiger partial charge in [-0.05, 0) is 42.9 Å². The third-order valence-electron chi connectivity index (χ3n) is 6.29. The van der Waals surface area contributed by atoms with Crippen molar-refractivity contribution in [2.75, 3.05) is 26.3 Å². The summed E-state index contributed by atoms with van der Waals surface area (Å²) < 4.78 is 11.7. The molecule has 1 aliphatic carbocycles. The lowest BCUT2D eigenvalue weighted by Crippen LogP contribution is -2.43. The molecule has 2 heterocycles. The normalized spacial score (nSPS) is 26.6. The van der Waals surface area contributed by atoms with E-state index in [4.69, 9.17) is 9.47 Å². The Balaban J connectivity index is 1.31. The van der Waals surface area contributed by atoms with Crippen molar-refractivity contribution in [3.05, 3.63) is 35.4 Å². The van der Waals surface area contributed by atoms with Crippen LogP contribution in [0.25, 0.3) is 0 Å². The molecule has 2 fully saturated rings. The van der Waals surface area contributed by atoms with Crippen molar-refractivity contribution in [1.29, 1.82) is 0 Å². The summed E-state index contributed by atoms with van der Waals surface area (Å²) in [5.41, 5.74) is 3.32. The molecule has 0 unspecified atom stereocenters. The van der Waals surface area contributed by atoms with Crippen LogP contribution in [0.1, 0.15) is 57.1 Å². The van der Waals surface area contributed by atoms with Crippen molar-refractivity contribution in [3.8, 4) is 0 Å². The van der Waals surface area contributed by atoms with E-state index in [2.05, 4.69) is 43.0 Å². The first kappa shape index (κ1) is 16.6. The van der Waals surface area contributed by atoms with Crippen LogP contribution in [0.15, 0.2) is 24.3 Å². The Kier molecular flexibility index (Phi) is 4.44. The molecular formula is C21H31NO2. The molecule has 1 aromatic carbocycles. The first-order valence-corrected chi connectivity index (χ1v) is 9.65. The van der Waals surface area contributed by atoms with E-state index in [9.17, 15) is 0 Å². The molecule has 1 saturated heterocycles. The van der Waals surface area contributed by atoms with Crippen LogP contribution in [0.2, 0.25) is 0 Å². The van der Waals surface area contributed by atoms with Crippen LogP contribution in [-0.2, 0) is 21.4 Å². The summed E-state index contributed by atoms with van der Waals surface area (Å²) in [5, 5.41) is 0. The minimum absolute atomic E-state index is 0.206. The van der Waals surface area contributed by atoms with E-state index in [0.29, 0.717) is 0 Å². The highest BCUT2D eigenvalue weighted by Crippen LogP contribution is 2.40. The van der Waals surface area contributed by atoms with Gasteiger partial charge < -0.3 is 9.47 Å². The second kappa shape index (κ2) is 6.44. The highest BCUT2D eigenvalue weighted by molar-refractivity contribution is 5.35. The van der Waals surface area contributed by atoms with Crippen molar-refractivity contribution in [2.45, 2.75) is 63.7 Å². The monoisotopic (exact) mass is 329 g/mol. The van der Waals surface area contributed by atoms with Crippen LogP contribution in [0, 0.1) is 5.92 Å². The molecule has 132 valence electrons. The fourth-order valence-corrected chi connectivity index (χ4v) is 4.97. The Morgan fingerprint density at radius 3 is 2.54 bits per heavy atom. The number of rotatable bonds is 3. The predicted molar refractivity (Wildman–Crippen MR) is 96.0 cm³/mol. The zero-order valence-electron chi connectivity index (χ0n) is 15.2. The van der Waals surface area contributed by atoms with Crippen LogP contribution in [-0.4, -0.2) is 37.0 Å². The van der Waals surface area contributed by atoms with E-state index >= 15 is 0 Å². The Hall–Kier alpha value is -0.900. The second-order valence-electron chi connectivity index (χ2n) is 8.59. The maximum Gasteiger partial charge on any atom is 0.168 e. The fraction of sp³-hybridized carbons (Fsp3) is 0.714. The van der Waals surface area contributed by atoms with Crippen molar-refractivity contribution >= 4 is 0 Å². The van der Waals surface area contributed by atoms with Crippen LogP contribution >= 0.6 is 0 Å². The molecule has 0 aromatic heterocycles. The fourth-order valence-electron chi connectivity index (χ4n) is 4.97. The summed E-state index contributed by atoms with van der Waals surface area (Å²) in [6, 6.07) is 8.99. The van der Waals surface area contributed by atoms with Gasteiger partial charge >= 0.3 is 0 Å². The van der Waals surface area contributed by atoms with Gasteiger partial charge in [0.1, 0.15) is 0 Å². The zero-order valence-corrected chi connectivity index (χ0v) is 15.2. The molecule has 0 bridgehead atoms. The van der Waals surface area contributed by atoms with Crippen LogP contribution in [0.4, 0.5) is 0 Å². The molecule has 0 N–H and O–H groups in total. The maximum atomic E-state index is 5.86. The van der Waals surface area contributed by atoms with E-state index in [0.717, 1.165) is 38.5 Å². The van der Waals surface area contributed by atoms with E-state index in [1.807, 2.05) is 0 Å². The van der Waals surface area contributed by atoms with Gasteiger partial charge in [-0.3, -0.25) is 4.90 Å². The van der Waals surface area contributed by atoms with E-state index in [1.54, 1.807) is 0 Å². The lowest BCUT2D eigenvalue weighted by atomic mass is 9.78. The van der Waals surface area contributed by atoms with Gasteiger partial charge in [-0.25, -0.2) is 0 Å². The Morgan fingerprint density at radius 1 is 1.08 bits per heavy atom. The van der Waals surface area contributed by atoms with Crippen LogP contribution in [0.3, 0.4) is 0 Å². The molecule has 0 amide bonds. The van der Waals surface area contributed by atoms with E-state index in [-0.39, 0.29) is 11.2 Å². The highest BCUT2D eigenvalue weighted by Gasteiger charge is 2.40. The largest absolute Gasteiger partial charge is 0.348 e. The Labute approximate surface area is 146 Å². The minimum atomic E-state index is -0.206. The molecule has 3 nitrogen and oxygen atoms in total. The molecular weight excluding hydrogens is 298 g/mol. The summed E-state index contributed by atoms with van der Waals surface area (Å²) in [4.78, 5) is 2.66. The smallest absolute Gasteiger partial charge is 0.168 e. The first-order valence-electron chi connectivity index (χ1n) is 9.65. The molecule has 2 aliphatic heterocycles.